The minimum atomic E-state index is 0.269. The lowest BCUT2D eigenvalue weighted by molar-refractivity contribution is 0.666. The summed E-state index contributed by atoms with van der Waals surface area (Å²) in [6, 6.07) is 6.52. The average Bonchev–Trinajstić information content (AvgIpc) is 3.14. The van der Waals surface area contributed by atoms with E-state index < -0.39 is 0 Å². The molecule has 2 N–H and O–H groups in total. The van der Waals surface area contributed by atoms with Crippen molar-refractivity contribution < 1.29 is 0 Å². The topological polar surface area (TPSA) is 69.7 Å². The van der Waals surface area contributed by atoms with Gasteiger partial charge in [-0.05, 0) is 24.1 Å². The zero-order valence-corrected chi connectivity index (χ0v) is 13.8. The van der Waals surface area contributed by atoms with Gasteiger partial charge in [-0.1, -0.05) is 19.4 Å². The van der Waals surface area contributed by atoms with E-state index in [-0.39, 0.29) is 5.92 Å². The first kappa shape index (κ1) is 14.7. The van der Waals surface area contributed by atoms with E-state index in [0.29, 0.717) is 0 Å². The molecule has 0 amide bonds. The van der Waals surface area contributed by atoms with Crippen molar-refractivity contribution in [1.82, 2.24) is 19.9 Å². The highest BCUT2D eigenvalue weighted by Crippen LogP contribution is 2.42. The molecule has 0 bridgehead atoms. The van der Waals surface area contributed by atoms with E-state index in [1.54, 1.807) is 12.4 Å². The maximum absolute atomic E-state index is 4.47. The molecule has 1 atom stereocenters. The molecular formula is C18H20N6. The normalized spacial score (nSPS) is 13.8. The van der Waals surface area contributed by atoms with Gasteiger partial charge in [-0.2, -0.15) is 0 Å². The first-order valence-corrected chi connectivity index (χ1v) is 8.23. The van der Waals surface area contributed by atoms with Crippen LogP contribution in [0.4, 0.5) is 23.0 Å². The lowest BCUT2D eigenvalue weighted by Gasteiger charge is -2.29. The standard InChI is InChI=1S/C18H20N6/c1-3-4-13(16-19-7-8-20-16)12-5-6-15-14(11-12)23-17-18(24(15)2)22-10-9-21-17/h5-11,13H,3-4H2,1-2H3,(H,19,20)(H,21,23). The zero-order chi connectivity index (χ0) is 16.5. The molecule has 0 fully saturated rings. The molecule has 2 aromatic heterocycles. The molecule has 3 heterocycles. The molecule has 0 saturated heterocycles. The molecule has 122 valence electrons. The maximum atomic E-state index is 4.47. The Kier molecular flexibility index (Phi) is 3.65. The summed E-state index contributed by atoms with van der Waals surface area (Å²) < 4.78 is 0. The fourth-order valence-electron chi connectivity index (χ4n) is 3.29. The molecule has 6 heteroatoms. The van der Waals surface area contributed by atoms with Gasteiger partial charge in [-0.15, -0.1) is 0 Å². The number of rotatable bonds is 4. The van der Waals surface area contributed by atoms with Crippen molar-refractivity contribution in [3.63, 3.8) is 0 Å². The van der Waals surface area contributed by atoms with Crippen molar-refractivity contribution in [3.05, 3.63) is 54.4 Å². The highest BCUT2D eigenvalue weighted by molar-refractivity contribution is 5.88. The number of nitrogens with zero attached hydrogens (tertiary/aromatic N) is 4. The van der Waals surface area contributed by atoms with Crippen LogP contribution in [0.2, 0.25) is 0 Å². The van der Waals surface area contributed by atoms with Crippen molar-refractivity contribution in [2.24, 2.45) is 0 Å². The van der Waals surface area contributed by atoms with E-state index in [4.69, 9.17) is 0 Å². The lowest BCUT2D eigenvalue weighted by Crippen LogP contribution is -2.20. The van der Waals surface area contributed by atoms with Crippen molar-refractivity contribution in [1.29, 1.82) is 0 Å². The third kappa shape index (κ3) is 2.40. The highest BCUT2D eigenvalue weighted by Gasteiger charge is 2.24. The summed E-state index contributed by atoms with van der Waals surface area (Å²) in [5, 5.41) is 3.41. The van der Waals surface area contributed by atoms with Gasteiger partial charge in [0, 0.05) is 37.8 Å². The Bertz CT molecular complexity index is 842. The number of imidazole rings is 1. The molecule has 0 saturated carbocycles. The molecule has 0 radical (unpaired) electrons. The Morgan fingerprint density at radius 2 is 2.00 bits per heavy atom. The number of anilines is 4. The monoisotopic (exact) mass is 320 g/mol. The molecule has 0 aliphatic carbocycles. The molecule has 24 heavy (non-hydrogen) atoms. The number of nitrogens with one attached hydrogen (secondary N) is 2. The second kappa shape index (κ2) is 5.96. The van der Waals surface area contributed by atoms with Gasteiger partial charge in [0.05, 0.1) is 11.4 Å². The van der Waals surface area contributed by atoms with Crippen molar-refractivity contribution in [3.8, 4) is 0 Å². The van der Waals surface area contributed by atoms with E-state index in [9.17, 15) is 0 Å². The minimum Gasteiger partial charge on any atom is -0.348 e. The van der Waals surface area contributed by atoms with Crippen LogP contribution in [-0.4, -0.2) is 27.0 Å². The van der Waals surface area contributed by atoms with Crippen LogP contribution in [0, 0.1) is 0 Å². The summed E-state index contributed by atoms with van der Waals surface area (Å²) in [4.78, 5) is 18.6. The van der Waals surface area contributed by atoms with Gasteiger partial charge in [0.25, 0.3) is 0 Å². The molecular weight excluding hydrogens is 300 g/mol. The predicted octanol–water partition coefficient (Wildman–Crippen LogP) is 3.96. The Morgan fingerprint density at radius 3 is 2.79 bits per heavy atom. The van der Waals surface area contributed by atoms with Gasteiger partial charge in [-0.3, -0.25) is 0 Å². The zero-order valence-electron chi connectivity index (χ0n) is 13.8. The van der Waals surface area contributed by atoms with E-state index in [1.807, 2.05) is 19.4 Å². The van der Waals surface area contributed by atoms with Crippen LogP contribution in [0.1, 0.15) is 37.1 Å². The van der Waals surface area contributed by atoms with Crippen molar-refractivity contribution >= 4 is 23.0 Å². The van der Waals surface area contributed by atoms with Crippen molar-refractivity contribution in [2.75, 3.05) is 17.3 Å². The first-order chi connectivity index (χ1) is 11.8. The first-order valence-electron chi connectivity index (χ1n) is 8.23. The van der Waals surface area contributed by atoms with Crippen LogP contribution in [-0.2, 0) is 0 Å². The molecule has 3 aromatic rings. The minimum absolute atomic E-state index is 0.269. The van der Waals surface area contributed by atoms with Crippen molar-refractivity contribution in [2.45, 2.75) is 25.7 Å². The van der Waals surface area contributed by atoms with Gasteiger partial charge in [-0.25, -0.2) is 15.0 Å². The number of H-pyrrole nitrogens is 1. The number of aromatic nitrogens is 4. The summed E-state index contributed by atoms with van der Waals surface area (Å²) in [6.07, 6.45) is 9.27. The van der Waals surface area contributed by atoms with E-state index >= 15 is 0 Å². The third-order valence-electron chi connectivity index (χ3n) is 4.46. The molecule has 1 unspecified atom stereocenters. The fraction of sp³-hybridized carbons (Fsp3) is 0.278. The summed E-state index contributed by atoms with van der Waals surface area (Å²) in [5.41, 5.74) is 3.40. The van der Waals surface area contributed by atoms with Gasteiger partial charge >= 0.3 is 0 Å². The molecule has 1 aliphatic rings. The summed E-state index contributed by atoms with van der Waals surface area (Å²) in [7, 11) is 2.02. The SMILES string of the molecule is CCCC(c1ccc2c(c1)Nc1nccnc1N2C)c1ncc[nH]1. The second-order valence-corrected chi connectivity index (χ2v) is 6.00. The van der Waals surface area contributed by atoms with Crippen LogP contribution in [0.15, 0.2) is 43.0 Å². The Labute approximate surface area is 141 Å². The number of hydrogen-bond donors (Lipinski definition) is 2. The molecule has 0 spiro atoms. The van der Waals surface area contributed by atoms with Gasteiger partial charge in [0.15, 0.2) is 11.6 Å². The predicted molar refractivity (Wildman–Crippen MR) is 95.2 cm³/mol. The number of hydrogen-bond acceptors (Lipinski definition) is 5. The summed E-state index contributed by atoms with van der Waals surface area (Å²) in [6.45, 7) is 2.20. The Morgan fingerprint density at radius 1 is 1.12 bits per heavy atom. The fourth-order valence-corrected chi connectivity index (χ4v) is 3.29. The van der Waals surface area contributed by atoms with Crippen LogP contribution in [0.25, 0.3) is 0 Å². The summed E-state index contributed by atoms with van der Waals surface area (Å²) in [5.74, 6) is 2.91. The summed E-state index contributed by atoms with van der Waals surface area (Å²) >= 11 is 0. The van der Waals surface area contributed by atoms with Crippen LogP contribution < -0.4 is 10.2 Å². The van der Waals surface area contributed by atoms with Crippen LogP contribution >= 0.6 is 0 Å². The smallest absolute Gasteiger partial charge is 0.176 e. The molecule has 1 aromatic carbocycles. The van der Waals surface area contributed by atoms with Crippen LogP contribution in [0.3, 0.4) is 0 Å². The average molecular weight is 320 g/mol. The molecule has 6 nitrogen and oxygen atoms in total. The van der Waals surface area contributed by atoms with Gasteiger partial charge in [0.1, 0.15) is 5.82 Å². The Hall–Kier alpha value is -2.89. The van der Waals surface area contributed by atoms with Gasteiger partial charge < -0.3 is 15.2 Å². The quantitative estimate of drug-likeness (QED) is 0.761. The molecule has 1 aliphatic heterocycles. The number of fused-ring (bicyclic) bond motifs is 2. The van der Waals surface area contributed by atoms with Crippen LogP contribution in [0.5, 0.6) is 0 Å². The maximum Gasteiger partial charge on any atom is 0.176 e. The lowest BCUT2D eigenvalue weighted by atomic mass is 9.92. The second-order valence-electron chi connectivity index (χ2n) is 6.00. The number of aromatic amines is 1. The third-order valence-corrected chi connectivity index (χ3v) is 4.46. The highest BCUT2D eigenvalue weighted by atomic mass is 15.3. The van der Waals surface area contributed by atoms with E-state index in [0.717, 1.165) is 41.7 Å². The largest absolute Gasteiger partial charge is 0.348 e. The Balaban J connectivity index is 1.74. The van der Waals surface area contributed by atoms with E-state index in [1.165, 1.54) is 5.56 Å². The van der Waals surface area contributed by atoms with E-state index in [2.05, 4.69) is 55.3 Å². The number of benzene rings is 1. The van der Waals surface area contributed by atoms with Gasteiger partial charge in [0.2, 0.25) is 0 Å². The molecule has 4 rings (SSSR count).